The van der Waals surface area contributed by atoms with Crippen LogP contribution < -0.4 is 16.4 Å². The molecule has 5 heteroatoms. The summed E-state index contributed by atoms with van der Waals surface area (Å²) in [6.45, 7) is 0.664. The highest BCUT2D eigenvalue weighted by atomic mass is 19.1. The van der Waals surface area contributed by atoms with E-state index < -0.39 is 5.82 Å². The zero-order valence-corrected chi connectivity index (χ0v) is 8.00. The average molecular weight is 206 g/mol. The number of hydrogen-bond acceptors (Lipinski definition) is 4. The third kappa shape index (κ3) is 2.07. The Morgan fingerprint density at radius 1 is 1.53 bits per heavy atom. The third-order valence-electron chi connectivity index (χ3n) is 2.00. The van der Waals surface area contributed by atoms with Gasteiger partial charge in [-0.15, -0.1) is 0 Å². The van der Waals surface area contributed by atoms with Crippen LogP contribution in [0.15, 0.2) is 42.0 Å². The molecule has 0 amide bonds. The Morgan fingerprint density at radius 3 is 3.13 bits per heavy atom. The molecule has 1 aliphatic rings. The Hall–Kier alpha value is -2.04. The molecule has 4 N–H and O–H groups in total. The minimum absolute atomic E-state index is 0.182. The van der Waals surface area contributed by atoms with Crippen LogP contribution >= 0.6 is 0 Å². The van der Waals surface area contributed by atoms with Crippen molar-refractivity contribution in [1.82, 2.24) is 10.3 Å². The van der Waals surface area contributed by atoms with E-state index in [0.717, 1.165) is 0 Å². The number of aromatic nitrogens is 1. The van der Waals surface area contributed by atoms with Crippen LogP contribution in [0.5, 0.6) is 0 Å². The van der Waals surface area contributed by atoms with E-state index >= 15 is 0 Å². The minimum Gasteiger partial charge on any atom is -0.396 e. The van der Waals surface area contributed by atoms with Crippen molar-refractivity contribution >= 4 is 5.82 Å². The van der Waals surface area contributed by atoms with Crippen LogP contribution in [0.2, 0.25) is 0 Å². The second-order valence-corrected chi connectivity index (χ2v) is 3.08. The van der Waals surface area contributed by atoms with Crippen molar-refractivity contribution in [1.29, 1.82) is 0 Å². The van der Waals surface area contributed by atoms with Gasteiger partial charge < -0.3 is 16.4 Å². The summed E-state index contributed by atoms with van der Waals surface area (Å²) in [5, 5.41) is 5.79. The molecule has 78 valence electrons. The van der Waals surface area contributed by atoms with Crippen LogP contribution in [0.1, 0.15) is 0 Å². The van der Waals surface area contributed by atoms with E-state index in [0.29, 0.717) is 17.9 Å². The molecule has 1 aromatic rings. The molecule has 1 aliphatic heterocycles. The monoisotopic (exact) mass is 206 g/mol. The molecule has 15 heavy (non-hydrogen) atoms. The molecule has 4 nitrogen and oxygen atoms in total. The first kappa shape index (κ1) is 9.51. The van der Waals surface area contributed by atoms with E-state index in [9.17, 15) is 4.39 Å². The molecule has 0 atom stereocenters. The average Bonchev–Trinajstić information content (AvgIpc) is 2.24. The number of pyridine rings is 1. The zero-order valence-electron chi connectivity index (χ0n) is 8.00. The molecule has 0 spiro atoms. The summed E-state index contributed by atoms with van der Waals surface area (Å²) in [7, 11) is 0. The van der Waals surface area contributed by atoms with Gasteiger partial charge in [0.15, 0.2) is 11.6 Å². The van der Waals surface area contributed by atoms with Gasteiger partial charge in [0.1, 0.15) is 0 Å². The highest BCUT2D eigenvalue weighted by molar-refractivity contribution is 5.49. The summed E-state index contributed by atoms with van der Waals surface area (Å²) in [4.78, 5) is 3.88. The van der Waals surface area contributed by atoms with Crippen molar-refractivity contribution in [3.05, 3.63) is 47.8 Å². The molecule has 2 heterocycles. The summed E-state index contributed by atoms with van der Waals surface area (Å²) in [6.07, 6.45) is 5.03. The van der Waals surface area contributed by atoms with Gasteiger partial charge in [0.25, 0.3) is 0 Å². The van der Waals surface area contributed by atoms with E-state index in [2.05, 4.69) is 15.6 Å². The number of anilines is 1. The number of nitrogens with zero attached hydrogens (tertiary/aromatic N) is 1. The SMILES string of the molecule is NC1=CNCC=C1Nc1ncccc1F. The Morgan fingerprint density at radius 2 is 2.40 bits per heavy atom. The summed E-state index contributed by atoms with van der Waals surface area (Å²) in [6, 6.07) is 2.88. The van der Waals surface area contributed by atoms with E-state index in [-0.39, 0.29) is 5.82 Å². The van der Waals surface area contributed by atoms with E-state index in [1.54, 1.807) is 6.20 Å². The van der Waals surface area contributed by atoms with Crippen LogP contribution in [0.25, 0.3) is 0 Å². The molecule has 0 radical (unpaired) electrons. The van der Waals surface area contributed by atoms with E-state index in [4.69, 9.17) is 5.73 Å². The fraction of sp³-hybridized carbons (Fsp3) is 0.100. The molecule has 1 aromatic heterocycles. The van der Waals surface area contributed by atoms with E-state index in [1.807, 2.05) is 6.08 Å². The topological polar surface area (TPSA) is 63.0 Å². The molecule has 0 aliphatic carbocycles. The second-order valence-electron chi connectivity index (χ2n) is 3.08. The van der Waals surface area contributed by atoms with Gasteiger partial charge in [0.05, 0.1) is 11.4 Å². The maximum absolute atomic E-state index is 13.2. The largest absolute Gasteiger partial charge is 0.396 e. The molecular weight excluding hydrogens is 195 g/mol. The molecule has 2 rings (SSSR count). The Kier molecular flexibility index (Phi) is 2.53. The summed E-state index contributed by atoms with van der Waals surface area (Å²) >= 11 is 0. The van der Waals surface area contributed by atoms with E-state index in [1.165, 1.54) is 18.3 Å². The molecule has 0 aromatic carbocycles. The van der Waals surface area contributed by atoms with Crippen molar-refractivity contribution in [2.45, 2.75) is 0 Å². The summed E-state index contributed by atoms with van der Waals surface area (Å²) < 4.78 is 13.2. The number of nitrogens with one attached hydrogen (secondary N) is 2. The highest BCUT2D eigenvalue weighted by Gasteiger charge is 2.08. The number of nitrogens with two attached hydrogens (primary N) is 1. The zero-order chi connectivity index (χ0) is 10.7. The smallest absolute Gasteiger partial charge is 0.166 e. The molecule has 0 saturated heterocycles. The first-order valence-corrected chi connectivity index (χ1v) is 4.54. The first-order valence-electron chi connectivity index (χ1n) is 4.54. The Labute approximate surface area is 86.7 Å². The Balaban J connectivity index is 2.19. The molecule has 0 bridgehead atoms. The van der Waals surface area contributed by atoms with Crippen LogP contribution in [0.4, 0.5) is 10.2 Å². The Bertz CT molecular complexity index is 425. The van der Waals surface area contributed by atoms with Crippen molar-refractivity contribution in [3.8, 4) is 0 Å². The van der Waals surface area contributed by atoms with Crippen molar-refractivity contribution in [2.24, 2.45) is 5.73 Å². The lowest BCUT2D eigenvalue weighted by molar-refractivity contribution is 0.626. The predicted molar refractivity (Wildman–Crippen MR) is 56.2 cm³/mol. The van der Waals surface area contributed by atoms with Gasteiger partial charge in [-0.2, -0.15) is 0 Å². The van der Waals surface area contributed by atoms with Gasteiger partial charge in [0, 0.05) is 18.9 Å². The number of hydrogen-bond donors (Lipinski definition) is 3. The van der Waals surface area contributed by atoms with Crippen molar-refractivity contribution in [2.75, 3.05) is 11.9 Å². The predicted octanol–water partition coefficient (Wildman–Crippen LogP) is 0.920. The minimum atomic E-state index is -0.398. The lowest BCUT2D eigenvalue weighted by Gasteiger charge is -2.15. The van der Waals surface area contributed by atoms with Gasteiger partial charge in [-0.25, -0.2) is 9.37 Å². The van der Waals surface area contributed by atoms with Crippen LogP contribution in [0.3, 0.4) is 0 Å². The van der Waals surface area contributed by atoms with Gasteiger partial charge >= 0.3 is 0 Å². The molecule has 0 saturated carbocycles. The number of rotatable bonds is 2. The van der Waals surface area contributed by atoms with Crippen LogP contribution in [0, 0.1) is 5.82 Å². The highest BCUT2D eigenvalue weighted by Crippen LogP contribution is 2.14. The van der Waals surface area contributed by atoms with Crippen LogP contribution in [-0.2, 0) is 0 Å². The molecule has 0 fully saturated rings. The third-order valence-corrected chi connectivity index (χ3v) is 2.00. The van der Waals surface area contributed by atoms with Crippen molar-refractivity contribution in [3.63, 3.8) is 0 Å². The van der Waals surface area contributed by atoms with Gasteiger partial charge in [-0.1, -0.05) is 0 Å². The fourth-order valence-electron chi connectivity index (χ4n) is 1.25. The second kappa shape index (κ2) is 4.00. The maximum atomic E-state index is 13.2. The lowest BCUT2D eigenvalue weighted by atomic mass is 10.2. The van der Waals surface area contributed by atoms with Gasteiger partial charge in [-0.05, 0) is 18.2 Å². The fourth-order valence-corrected chi connectivity index (χ4v) is 1.25. The quantitative estimate of drug-likeness (QED) is 0.673. The lowest BCUT2D eigenvalue weighted by Crippen LogP contribution is -2.21. The summed E-state index contributed by atoms with van der Waals surface area (Å²) in [5.74, 6) is -0.216. The van der Waals surface area contributed by atoms with Crippen molar-refractivity contribution < 1.29 is 4.39 Å². The normalized spacial score (nSPS) is 15.0. The van der Waals surface area contributed by atoms with Gasteiger partial charge in [0.2, 0.25) is 0 Å². The molecule has 0 unspecified atom stereocenters. The summed E-state index contributed by atoms with van der Waals surface area (Å²) in [5.41, 5.74) is 6.90. The van der Waals surface area contributed by atoms with Crippen LogP contribution in [-0.4, -0.2) is 11.5 Å². The van der Waals surface area contributed by atoms with Gasteiger partial charge in [-0.3, -0.25) is 0 Å². The molecular formula is C10H11FN4. The number of dihydropyridines is 1. The maximum Gasteiger partial charge on any atom is 0.166 e. The number of halogens is 1. The standard InChI is InChI=1S/C10H11FN4/c11-7-2-1-4-14-10(7)15-9-3-5-13-6-8(9)12/h1-4,6,13H,5,12H2,(H,14,15). The first-order chi connectivity index (χ1) is 7.27.